The van der Waals surface area contributed by atoms with Gasteiger partial charge in [0, 0.05) is 24.7 Å². The van der Waals surface area contributed by atoms with Gasteiger partial charge in [0.05, 0.1) is 16.1 Å². The molecule has 4 rings (SSSR count). The van der Waals surface area contributed by atoms with Crippen LogP contribution in [0.3, 0.4) is 0 Å². The Hall–Kier alpha value is -1.89. The fraction of sp³-hybridized carbons (Fsp3) is 0.579. The molecule has 1 aliphatic heterocycles. The Labute approximate surface area is 153 Å². The van der Waals surface area contributed by atoms with E-state index in [1.165, 1.54) is 0 Å². The van der Waals surface area contributed by atoms with Crippen molar-refractivity contribution in [1.29, 1.82) is 0 Å². The summed E-state index contributed by atoms with van der Waals surface area (Å²) in [6.45, 7) is 0.490. The molecule has 3 aliphatic rings. The molecule has 26 heavy (non-hydrogen) atoms. The third-order valence-electron chi connectivity index (χ3n) is 5.71. The molecular weight excluding hydrogens is 352 g/mol. The summed E-state index contributed by atoms with van der Waals surface area (Å²) in [5, 5.41) is 2.54. The van der Waals surface area contributed by atoms with Gasteiger partial charge in [0.25, 0.3) is 0 Å². The van der Waals surface area contributed by atoms with Gasteiger partial charge in [-0.15, -0.1) is 0 Å². The summed E-state index contributed by atoms with van der Waals surface area (Å²) >= 11 is 0. The fourth-order valence-corrected chi connectivity index (χ4v) is 5.86. The van der Waals surface area contributed by atoms with Crippen LogP contribution in [0, 0.1) is 5.92 Å². The minimum absolute atomic E-state index is 0.0608. The average molecular weight is 376 g/mol. The molecule has 2 amide bonds. The van der Waals surface area contributed by atoms with Gasteiger partial charge in [-0.05, 0) is 49.9 Å². The van der Waals surface area contributed by atoms with E-state index in [0.717, 1.165) is 38.5 Å². The first-order valence-electron chi connectivity index (χ1n) is 9.39. The second-order valence-electron chi connectivity index (χ2n) is 7.64. The molecule has 2 saturated carbocycles. The van der Waals surface area contributed by atoms with E-state index in [9.17, 15) is 18.0 Å². The number of likely N-dealkylation sites (tertiary alicyclic amines) is 1. The standard InChI is InChI=1S/C19H24N2O4S/c22-18-11-13(12-21(18)15-7-8-15)19(23)20-14-5-9-17(10-6-14)26(24,25)16-3-1-2-4-16/h5-6,9-10,13,15-16H,1-4,7-8,11-12H2,(H,20,23). The summed E-state index contributed by atoms with van der Waals surface area (Å²) in [5.41, 5.74) is 0.567. The van der Waals surface area contributed by atoms with Crippen molar-refractivity contribution in [2.24, 2.45) is 5.92 Å². The Morgan fingerprint density at radius 3 is 2.31 bits per heavy atom. The second kappa shape index (κ2) is 6.68. The Kier molecular flexibility index (Phi) is 4.50. The smallest absolute Gasteiger partial charge is 0.229 e. The van der Waals surface area contributed by atoms with Gasteiger partial charge in [-0.1, -0.05) is 12.8 Å². The molecule has 1 heterocycles. The molecule has 1 N–H and O–H groups in total. The van der Waals surface area contributed by atoms with E-state index in [4.69, 9.17) is 0 Å². The molecule has 2 aliphatic carbocycles. The van der Waals surface area contributed by atoms with Gasteiger partial charge in [-0.3, -0.25) is 9.59 Å². The maximum absolute atomic E-state index is 12.6. The number of sulfone groups is 1. The van der Waals surface area contributed by atoms with Crippen molar-refractivity contribution in [2.45, 2.75) is 61.1 Å². The van der Waals surface area contributed by atoms with Crippen LogP contribution in [0.4, 0.5) is 5.69 Å². The predicted molar refractivity (Wildman–Crippen MR) is 97.4 cm³/mol. The van der Waals surface area contributed by atoms with Crippen LogP contribution in [0.1, 0.15) is 44.9 Å². The molecule has 140 valence electrons. The third-order valence-corrected chi connectivity index (χ3v) is 7.99. The molecule has 0 bridgehead atoms. The molecule has 3 fully saturated rings. The minimum Gasteiger partial charge on any atom is -0.339 e. The van der Waals surface area contributed by atoms with Crippen molar-refractivity contribution < 1.29 is 18.0 Å². The topological polar surface area (TPSA) is 83.5 Å². The number of amides is 2. The van der Waals surface area contributed by atoms with E-state index in [2.05, 4.69) is 5.32 Å². The molecular formula is C19H24N2O4S. The number of hydrogen-bond donors (Lipinski definition) is 1. The number of nitrogens with one attached hydrogen (secondary N) is 1. The average Bonchev–Trinajstić information content (AvgIpc) is 3.15. The summed E-state index contributed by atoms with van der Waals surface area (Å²) in [6, 6.07) is 6.74. The largest absolute Gasteiger partial charge is 0.339 e. The van der Waals surface area contributed by atoms with Crippen LogP contribution >= 0.6 is 0 Å². The van der Waals surface area contributed by atoms with Gasteiger partial charge in [0.15, 0.2) is 9.84 Å². The molecule has 7 heteroatoms. The maximum atomic E-state index is 12.6. The molecule has 0 aromatic heterocycles. The monoisotopic (exact) mass is 376 g/mol. The van der Waals surface area contributed by atoms with Crippen LogP contribution in [0.25, 0.3) is 0 Å². The van der Waals surface area contributed by atoms with Crippen molar-refractivity contribution in [3.63, 3.8) is 0 Å². The van der Waals surface area contributed by atoms with Crippen molar-refractivity contribution >= 4 is 27.3 Å². The highest BCUT2D eigenvalue weighted by molar-refractivity contribution is 7.92. The summed E-state index contributed by atoms with van der Waals surface area (Å²) in [5.74, 6) is -0.441. The highest BCUT2D eigenvalue weighted by Gasteiger charge is 2.41. The first-order valence-corrected chi connectivity index (χ1v) is 10.9. The summed E-state index contributed by atoms with van der Waals surface area (Å²) < 4.78 is 25.2. The number of anilines is 1. The Bertz CT molecular complexity index is 808. The first-order chi connectivity index (χ1) is 12.4. The predicted octanol–water partition coefficient (Wildman–Crippen LogP) is 2.35. The van der Waals surface area contributed by atoms with Crippen molar-refractivity contribution in [3.05, 3.63) is 24.3 Å². The van der Waals surface area contributed by atoms with Crippen molar-refractivity contribution in [2.75, 3.05) is 11.9 Å². The number of benzene rings is 1. The summed E-state index contributed by atoms with van der Waals surface area (Å²) in [6.07, 6.45) is 5.73. The zero-order valence-electron chi connectivity index (χ0n) is 14.7. The lowest BCUT2D eigenvalue weighted by Gasteiger charge is -2.15. The SMILES string of the molecule is O=C(Nc1ccc(S(=O)(=O)C2CCCC2)cc1)C1CC(=O)N(C2CC2)C1. The van der Waals surface area contributed by atoms with Crippen LogP contribution in [0.5, 0.6) is 0 Å². The highest BCUT2D eigenvalue weighted by Crippen LogP contribution is 2.33. The number of carbonyl (C=O) groups is 2. The van der Waals surface area contributed by atoms with Crippen LogP contribution < -0.4 is 5.32 Å². The number of hydrogen-bond acceptors (Lipinski definition) is 4. The molecule has 1 aromatic rings. The van der Waals surface area contributed by atoms with Crippen LogP contribution in [-0.2, 0) is 19.4 Å². The first kappa shape index (κ1) is 17.5. The van der Waals surface area contributed by atoms with Gasteiger partial charge in [0.2, 0.25) is 11.8 Å². The third kappa shape index (κ3) is 3.37. The fourth-order valence-electron chi connectivity index (χ4n) is 4.01. The Balaban J connectivity index is 1.39. The van der Waals surface area contributed by atoms with E-state index >= 15 is 0 Å². The second-order valence-corrected chi connectivity index (χ2v) is 9.87. The van der Waals surface area contributed by atoms with Crippen LogP contribution in [0.15, 0.2) is 29.2 Å². The lowest BCUT2D eigenvalue weighted by Crippen LogP contribution is -2.29. The van der Waals surface area contributed by atoms with Crippen LogP contribution in [-0.4, -0.2) is 43.0 Å². The molecule has 0 radical (unpaired) electrons. The van der Waals surface area contributed by atoms with E-state index < -0.39 is 9.84 Å². The normalized spacial score (nSPS) is 24.2. The molecule has 1 unspecified atom stereocenters. The number of carbonyl (C=O) groups excluding carboxylic acids is 2. The van der Waals surface area contributed by atoms with Crippen molar-refractivity contribution in [1.82, 2.24) is 4.90 Å². The van der Waals surface area contributed by atoms with Gasteiger partial charge >= 0.3 is 0 Å². The summed E-state index contributed by atoms with van der Waals surface area (Å²) in [4.78, 5) is 26.6. The highest BCUT2D eigenvalue weighted by atomic mass is 32.2. The van der Waals surface area contributed by atoms with Crippen molar-refractivity contribution in [3.8, 4) is 0 Å². The molecule has 1 saturated heterocycles. The molecule has 6 nitrogen and oxygen atoms in total. The zero-order valence-corrected chi connectivity index (χ0v) is 15.5. The van der Waals surface area contributed by atoms with Gasteiger partial charge in [-0.25, -0.2) is 8.42 Å². The van der Waals surface area contributed by atoms with E-state index in [1.54, 1.807) is 24.3 Å². The number of rotatable bonds is 5. The Morgan fingerprint density at radius 1 is 1.04 bits per heavy atom. The van der Waals surface area contributed by atoms with E-state index in [0.29, 0.717) is 23.2 Å². The van der Waals surface area contributed by atoms with Gasteiger partial charge in [-0.2, -0.15) is 0 Å². The number of nitrogens with zero attached hydrogens (tertiary/aromatic N) is 1. The lowest BCUT2D eigenvalue weighted by atomic mass is 10.1. The maximum Gasteiger partial charge on any atom is 0.229 e. The van der Waals surface area contributed by atoms with Gasteiger partial charge < -0.3 is 10.2 Å². The molecule has 0 spiro atoms. The quantitative estimate of drug-likeness (QED) is 0.855. The minimum atomic E-state index is -3.28. The van der Waals surface area contributed by atoms with Gasteiger partial charge in [0.1, 0.15) is 0 Å². The lowest BCUT2D eigenvalue weighted by molar-refractivity contribution is -0.128. The molecule has 1 aromatic carbocycles. The van der Waals surface area contributed by atoms with E-state index in [-0.39, 0.29) is 29.4 Å². The Morgan fingerprint density at radius 2 is 1.69 bits per heavy atom. The zero-order chi connectivity index (χ0) is 18.3. The molecule has 1 atom stereocenters. The van der Waals surface area contributed by atoms with E-state index in [1.807, 2.05) is 4.90 Å². The van der Waals surface area contributed by atoms with Crippen LogP contribution in [0.2, 0.25) is 0 Å². The summed E-state index contributed by atoms with van der Waals surface area (Å²) in [7, 11) is -3.28.